The van der Waals surface area contributed by atoms with E-state index in [9.17, 15) is 4.79 Å². The first-order chi connectivity index (χ1) is 10.2. The van der Waals surface area contributed by atoms with Crippen molar-refractivity contribution in [1.29, 1.82) is 5.26 Å². The van der Waals surface area contributed by atoms with Gasteiger partial charge in [-0.2, -0.15) is 5.26 Å². The second-order valence-electron chi connectivity index (χ2n) is 4.93. The SMILES string of the molecule is CCC[C@H](C(=O)Nc1cccc(C#N)c1)c1ccccc1. The van der Waals surface area contributed by atoms with Gasteiger partial charge in [0, 0.05) is 5.69 Å². The zero-order valence-corrected chi connectivity index (χ0v) is 12.0. The Hall–Kier alpha value is -2.60. The summed E-state index contributed by atoms with van der Waals surface area (Å²) in [7, 11) is 0. The standard InChI is InChI=1S/C18H18N2O/c1-2-7-17(15-9-4-3-5-10-15)18(21)20-16-11-6-8-14(12-16)13-19/h3-6,8-12,17H,2,7H2,1H3,(H,20,21)/t17-/m0/s1. The Morgan fingerprint density at radius 1 is 1.19 bits per heavy atom. The second kappa shape index (κ2) is 7.25. The molecule has 106 valence electrons. The summed E-state index contributed by atoms with van der Waals surface area (Å²) in [6, 6.07) is 18.8. The molecule has 0 spiro atoms. The van der Waals surface area contributed by atoms with Gasteiger partial charge in [0.05, 0.1) is 17.6 Å². The molecular weight excluding hydrogens is 260 g/mol. The third kappa shape index (κ3) is 3.93. The molecule has 2 rings (SSSR count). The number of nitrogens with zero attached hydrogens (tertiary/aromatic N) is 1. The average Bonchev–Trinajstić information content (AvgIpc) is 2.53. The van der Waals surface area contributed by atoms with E-state index >= 15 is 0 Å². The molecule has 0 aliphatic rings. The summed E-state index contributed by atoms with van der Waals surface area (Å²) in [6.45, 7) is 2.07. The lowest BCUT2D eigenvalue weighted by Crippen LogP contribution is -2.21. The van der Waals surface area contributed by atoms with Crippen molar-refractivity contribution in [3.05, 3.63) is 65.7 Å². The summed E-state index contributed by atoms with van der Waals surface area (Å²) in [5, 5.41) is 11.8. The molecule has 1 N–H and O–H groups in total. The maximum absolute atomic E-state index is 12.5. The Morgan fingerprint density at radius 2 is 1.95 bits per heavy atom. The van der Waals surface area contributed by atoms with E-state index in [1.54, 1.807) is 24.3 Å². The lowest BCUT2D eigenvalue weighted by Gasteiger charge is -2.16. The molecule has 0 saturated heterocycles. The minimum Gasteiger partial charge on any atom is -0.326 e. The van der Waals surface area contributed by atoms with Crippen molar-refractivity contribution in [2.24, 2.45) is 0 Å². The zero-order chi connectivity index (χ0) is 15.1. The monoisotopic (exact) mass is 278 g/mol. The van der Waals surface area contributed by atoms with Crippen LogP contribution in [0.5, 0.6) is 0 Å². The molecule has 0 aliphatic carbocycles. The largest absolute Gasteiger partial charge is 0.326 e. The van der Waals surface area contributed by atoms with Crippen molar-refractivity contribution < 1.29 is 4.79 Å². The van der Waals surface area contributed by atoms with E-state index in [1.165, 1.54) is 0 Å². The van der Waals surface area contributed by atoms with E-state index in [4.69, 9.17) is 5.26 Å². The quantitative estimate of drug-likeness (QED) is 0.896. The Labute approximate surface area is 125 Å². The molecule has 1 amide bonds. The molecule has 0 bridgehead atoms. The van der Waals surface area contributed by atoms with Gasteiger partial charge in [0.1, 0.15) is 0 Å². The molecule has 0 fully saturated rings. The number of anilines is 1. The number of carbonyl (C=O) groups excluding carboxylic acids is 1. The minimum absolute atomic E-state index is 0.0295. The minimum atomic E-state index is -0.165. The highest BCUT2D eigenvalue weighted by atomic mass is 16.1. The number of nitrogens with one attached hydrogen (secondary N) is 1. The number of carbonyl (C=O) groups is 1. The van der Waals surface area contributed by atoms with Crippen LogP contribution in [0.1, 0.15) is 36.8 Å². The van der Waals surface area contributed by atoms with Gasteiger partial charge in [0.15, 0.2) is 0 Å². The van der Waals surface area contributed by atoms with Gasteiger partial charge in [0.2, 0.25) is 5.91 Å². The smallest absolute Gasteiger partial charge is 0.231 e. The predicted molar refractivity (Wildman–Crippen MR) is 83.9 cm³/mol. The fourth-order valence-corrected chi connectivity index (χ4v) is 2.32. The normalized spacial score (nSPS) is 11.4. The van der Waals surface area contributed by atoms with E-state index < -0.39 is 0 Å². The molecule has 0 heterocycles. The fraction of sp³-hybridized carbons (Fsp3) is 0.222. The lowest BCUT2D eigenvalue weighted by molar-refractivity contribution is -0.117. The number of nitriles is 1. The van der Waals surface area contributed by atoms with Crippen LogP contribution in [0.3, 0.4) is 0 Å². The van der Waals surface area contributed by atoms with Gasteiger partial charge in [-0.25, -0.2) is 0 Å². The number of hydrogen-bond acceptors (Lipinski definition) is 2. The van der Waals surface area contributed by atoms with Crippen molar-refractivity contribution in [3.63, 3.8) is 0 Å². The Bertz CT molecular complexity index is 644. The highest BCUT2D eigenvalue weighted by molar-refractivity contribution is 5.95. The summed E-state index contributed by atoms with van der Waals surface area (Å²) >= 11 is 0. The van der Waals surface area contributed by atoms with Crippen LogP contribution in [0, 0.1) is 11.3 Å². The first-order valence-electron chi connectivity index (χ1n) is 7.10. The third-order valence-electron chi connectivity index (χ3n) is 3.35. The first kappa shape index (κ1) is 14.8. The van der Waals surface area contributed by atoms with Crippen LogP contribution in [-0.2, 0) is 4.79 Å². The van der Waals surface area contributed by atoms with E-state index in [0.29, 0.717) is 11.3 Å². The fourth-order valence-electron chi connectivity index (χ4n) is 2.32. The molecule has 3 nitrogen and oxygen atoms in total. The average molecular weight is 278 g/mol. The summed E-state index contributed by atoms with van der Waals surface area (Å²) < 4.78 is 0. The van der Waals surface area contributed by atoms with Crippen LogP contribution in [0.4, 0.5) is 5.69 Å². The number of hydrogen-bond donors (Lipinski definition) is 1. The Morgan fingerprint density at radius 3 is 2.62 bits per heavy atom. The van der Waals surface area contributed by atoms with Gasteiger partial charge >= 0.3 is 0 Å². The highest BCUT2D eigenvalue weighted by Gasteiger charge is 2.19. The van der Waals surface area contributed by atoms with Gasteiger partial charge in [-0.05, 0) is 30.2 Å². The summed E-state index contributed by atoms with van der Waals surface area (Å²) in [6.07, 6.45) is 1.74. The van der Waals surface area contributed by atoms with E-state index in [-0.39, 0.29) is 11.8 Å². The zero-order valence-electron chi connectivity index (χ0n) is 12.0. The van der Waals surface area contributed by atoms with Crippen molar-refractivity contribution in [2.45, 2.75) is 25.7 Å². The molecule has 0 saturated carbocycles. The van der Waals surface area contributed by atoms with Gasteiger partial charge in [-0.15, -0.1) is 0 Å². The van der Waals surface area contributed by atoms with E-state index in [1.807, 2.05) is 30.3 Å². The molecular formula is C18H18N2O. The van der Waals surface area contributed by atoms with Gasteiger partial charge < -0.3 is 5.32 Å². The predicted octanol–water partition coefficient (Wildman–Crippen LogP) is 4.08. The van der Waals surface area contributed by atoms with Crippen molar-refractivity contribution in [3.8, 4) is 6.07 Å². The van der Waals surface area contributed by atoms with E-state index in [2.05, 4.69) is 18.3 Å². The third-order valence-corrected chi connectivity index (χ3v) is 3.35. The van der Waals surface area contributed by atoms with Crippen LogP contribution in [-0.4, -0.2) is 5.91 Å². The van der Waals surface area contributed by atoms with Crippen LogP contribution in [0.15, 0.2) is 54.6 Å². The van der Waals surface area contributed by atoms with Crippen molar-refractivity contribution in [2.75, 3.05) is 5.32 Å². The van der Waals surface area contributed by atoms with Crippen LogP contribution in [0.25, 0.3) is 0 Å². The van der Waals surface area contributed by atoms with Crippen LogP contribution >= 0.6 is 0 Å². The summed E-state index contributed by atoms with van der Waals surface area (Å²) in [5.74, 6) is -0.194. The molecule has 0 aromatic heterocycles. The molecule has 0 aliphatic heterocycles. The summed E-state index contributed by atoms with van der Waals surface area (Å²) in [5.41, 5.74) is 2.23. The molecule has 1 atom stereocenters. The van der Waals surface area contributed by atoms with Crippen molar-refractivity contribution in [1.82, 2.24) is 0 Å². The Balaban J connectivity index is 2.17. The molecule has 21 heavy (non-hydrogen) atoms. The highest BCUT2D eigenvalue weighted by Crippen LogP contribution is 2.23. The topological polar surface area (TPSA) is 52.9 Å². The lowest BCUT2D eigenvalue weighted by atomic mass is 9.93. The number of benzene rings is 2. The maximum atomic E-state index is 12.5. The van der Waals surface area contributed by atoms with Crippen LogP contribution in [0.2, 0.25) is 0 Å². The van der Waals surface area contributed by atoms with Gasteiger partial charge in [0.25, 0.3) is 0 Å². The Kier molecular flexibility index (Phi) is 5.11. The first-order valence-corrected chi connectivity index (χ1v) is 7.10. The van der Waals surface area contributed by atoms with Crippen LogP contribution < -0.4 is 5.32 Å². The van der Waals surface area contributed by atoms with Crippen molar-refractivity contribution >= 4 is 11.6 Å². The second-order valence-corrected chi connectivity index (χ2v) is 4.93. The molecule has 2 aromatic carbocycles. The maximum Gasteiger partial charge on any atom is 0.231 e. The van der Waals surface area contributed by atoms with Gasteiger partial charge in [-0.1, -0.05) is 49.7 Å². The molecule has 0 radical (unpaired) electrons. The number of rotatable bonds is 5. The van der Waals surface area contributed by atoms with E-state index in [0.717, 1.165) is 18.4 Å². The molecule has 3 heteroatoms. The molecule has 0 unspecified atom stereocenters. The number of amides is 1. The van der Waals surface area contributed by atoms with Gasteiger partial charge in [-0.3, -0.25) is 4.79 Å². The summed E-state index contributed by atoms with van der Waals surface area (Å²) in [4.78, 5) is 12.5. The molecule has 2 aromatic rings.